The smallest absolute Gasteiger partial charge is 0.0864 e. The quantitative estimate of drug-likeness (QED) is 0.436. The van der Waals surface area contributed by atoms with Gasteiger partial charge in [-0.2, -0.15) is 0 Å². The lowest BCUT2D eigenvalue weighted by Gasteiger charge is -1.90. The Morgan fingerprint density at radius 2 is 2.18 bits per heavy atom. The molecule has 1 aliphatic carbocycles. The lowest BCUT2D eigenvalue weighted by Crippen LogP contribution is -2.08. The molecule has 0 amide bonds. The summed E-state index contributed by atoms with van der Waals surface area (Å²) in [5, 5.41) is 3.62. The average molecular weight is 139 g/mol. The van der Waals surface area contributed by atoms with Crippen LogP contribution in [0.3, 0.4) is 0 Å². The van der Waals surface area contributed by atoms with Crippen molar-refractivity contribution in [1.82, 2.24) is 4.98 Å². The number of rotatable bonds is 0. The molecule has 1 aliphatic rings. The predicted octanol–water partition coefficient (Wildman–Crippen LogP) is 0.299. The van der Waals surface area contributed by atoms with Gasteiger partial charge in [-0.25, -0.2) is 0 Å². The highest BCUT2D eigenvalue weighted by Gasteiger charge is 2.01. The maximum atomic E-state index is 4.27. The molecule has 0 saturated carbocycles. The molecule has 2 aromatic rings. The van der Waals surface area contributed by atoms with E-state index in [0.29, 0.717) is 0 Å². The van der Waals surface area contributed by atoms with Gasteiger partial charge in [0, 0.05) is 16.8 Å². The zero-order valence-electron chi connectivity index (χ0n) is 5.83. The predicted molar refractivity (Wildman–Crippen MR) is 43.5 cm³/mol. The Morgan fingerprint density at radius 1 is 1.18 bits per heavy atom. The van der Waals surface area contributed by atoms with Gasteiger partial charge in [0.05, 0.1) is 10.7 Å². The fraction of sp³-hybridized carbons (Fsp3) is 0. The number of benzene rings is 1. The van der Waals surface area contributed by atoms with Crippen molar-refractivity contribution in [1.29, 1.82) is 0 Å². The Labute approximate surface area is 63.3 Å². The number of nitrogens with zero attached hydrogens (tertiary/aromatic N) is 1. The summed E-state index contributed by atoms with van der Waals surface area (Å²) < 4.78 is 0. The molecule has 3 rings (SSSR count). The zero-order valence-corrected chi connectivity index (χ0v) is 5.83. The molecule has 0 aliphatic heterocycles. The van der Waals surface area contributed by atoms with Gasteiger partial charge in [-0.3, -0.25) is 4.98 Å². The summed E-state index contributed by atoms with van der Waals surface area (Å²) in [6, 6.07) is 8.19. The van der Waals surface area contributed by atoms with Crippen molar-refractivity contribution in [3.05, 3.63) is 40.9 Å². The molecule has 0 unspecified atom stereocenters. The van der Waals surface area contributed by atoms with E-state index in [1.165, 1.54) is 15.8 Å². The molecule has 0 fully saturated rings. The van der Waals surface area contributed by atoms with Crippen LogP contribution >= 0.6 is 0 Å². The molecule has 0 N–H and O–H groups in total. The van der Waals surface area contributed by atoms with Gasteiger partial charge in [-0.15, -0.1) is 0 Å². The van der Waals surface area contributed by atoms with Crippen molar-refractivity contribution >= 4 is 16.6 Å². The summed E-state index contributed by atoms with van der Waals surface area (Å²) >= 11 is 0. The summed E-state index contributed by atoms with van der Waals surface area (Å²) in [6.07, 6.45) is 1.82. The second kappa shape index (κ2) is 1.52. The summed E-state index contributed by atoms with van der Waals surface area (Å²) in [5.41, 5.74) is 4.26. The van der Waals surface area contributed by atoms with Crippen LogP contribution < -0.4 is 10.4 Å². The van der Waals surface area contributed by atoms with Gasteiger partial charge in [0.2, 0.25) is 0 Å². The largest absolute Gasteiger partial charge is 0.255 e. The number of pyridine rings is 1. The van der Waals surface area contributed by atoms with Crippen LogP contribution in [0.15, 0.2) is 30.5 Å². The van der Waals surface area contributed by atoms with E-state index in [2.05, 4.69) is 28.9 Å². The highest BCUT2D eigenvalue weighted by atomic mass is 14.6. The molecular weight excluding hydrogens is 134 g/mol. The van der Waals surface area contributed by atoms with Crippen LogP contribution in [0.1, 0.15) is 0 Å². The normalized spacial score (nSPS) is 11.6. The van der Waals surface area contributed by atoms with Crippen molar-refractivity contribution < 1.29 is 0 Å². The first-order valence-corrected chi connectivity index (χ1v) is 3.60. The van der Waals surface area contributed by atoms with Gasteiger partial charge >= 0.3 is 0 Å². The molecule has 0 radical (unpaired) electrons. The minimum Gasteiger partial charge on any atom is -0.255 e. The Kier molecular flexibility index (Phi) is 0.708. The zero-order chi connectivity index (χ0) is 7.26. The molecule has 1 aromatic heterocycles. The van der Waals surface area contributed by atoms with E-state index in [1.54, 1.807) is 0 Å². The highest BCUT2D eigenvalue weighted by molar-refractivity contribution is 5.81. The molecule has 1 heterocycles. The SMILES string of the molecule is C1=c2ccc3cccnc3c2=1. The summed E-state index contributed by atoms with van der Waals surface area (Å²) in [6.45, 7) is 0. The summed E-state index contributed by atoms with van der Waals surface area (Å²) in [4.78, 5) is 4.27. The van der Waals surface area contributed by atoms with Crippen LogP contribution in [-0.4, -0.2) is 4.98 Å². The molecule has 1 aromatic carbocycles. The molecular formula is C10H5N. The first kappa shape index (κ1) is 5.11. The molecule has 1 heteroatoms. The van der Waals surface area contributed by atoms with Crippen LogP contribution in [0.2, 0.25) is 0 Å². The van der Waals surface area contributed by atoms with E-state index in [0.717, 1.165) is 5.52 Å². The second-order valence-corrected chi connectivity index (χ2v) is 2.69. The Morgan fingerprint density at radius 3 is 3.18 bits per heavy atom. The van der Waals surface area contributed by atoms with Crippen LogP contribution in [0.5, 0.6) is 0 Å². The number of hydrogen-bond acceptors (Lipinski definition) is 1. The Hall–Kier alpha value is -1.59. The van der Waals surface area contributed by atoms with Crippen LogP contribution in [0, 0.1) is 0 Å². The maximum absolute atomic E-state index is 4.27. The molecule has 11 heavy (non-hydrogen) atoms. The first-order chi connectivity index (χ1) is 5.45. The van der Waals surface area contributed by atoms with E-state index < -0.39 is 0 Å². The van der Waals surface area contributed by atoms with Crippen LogP contribution in [-0.2, 0) is 0 Å². The Balaban J connectivity index is 2.69. The van der Waals surface area contributed by atoms with Crippen LogP contribution in [0.25, 0.3) is 16.6 Å². The number of aromatic nitrogens is 1. The third-order valence-corrected chi connectivity index (χ3v) is 1.97. The molecule has 0 atom stereocenters. The number of hydrogen-bond donors (Lipinski definition) is 0. The van der Waals surface area contributed by atoms with Crippen molar-refractivity contribution in [3.8, 4) is 0 Å². The minimum atomic E-state index is 1.09. The molecule has 1 nitrogen and oxygen atoms in total. The van der Waals surface area contributed by atoms with E-state index in [1.807, 2.05) is 12.3 Å². The van der Waals surface area contributed by atoms with Crippen molar-refractivity contribution in [2.24, 2.45) is 0 Å². The summed E-state index contributed by atoms with van der Waals surface area (Å²) in [5.74, 6) is 0. The highest BCUT2D eigenvalue weighted by Crippen LogP contribution is 2.03. The van der Waals surface area contributed by atoms with Gasteiger partial charge in [0.1, 0.15) is 0 Å². The van der Waals surface area contributed by atoms with Crippen LogP contribution in [0.4, 0.5) is 0 Å². The average Bonchev–Trinajstić information content (AvgIpc) is 2.83. The van der Waals surface area contributed by atoms with Gasteiger partial charge in [0.25, 0.3) is 0 Å². The molecule has 0 saturated heterocycles. The fourth-order valence-corrected chi connectivity index (χ4v) is 1.35. The van der Waals surface area contributed by atoms with Crippen molar-refractivity contribution in [3.63, 3.8) is 0 Å². The topological polar surface area (TPSA) is 12.9 Å². The second-order valence-electron chi connectivity index (χ2n) is 2.69. The third kappa shape index (κ3) is 0.580. The summed E-state index contributed by atoms with van der Waals surface area (Å²) in [7, 11) is 0. The monoisotopic (exact) mass is 139 g/mol. The maximum Gasteiger partial charge on any atom is 0.0864 e. The molecule has 50 valence electrons. The minimum absolute atomic E-state index is 1.09. The third-order valence-electron chi connectivity index (χ3n) is 1.97. The molecule has 0 spiro atoms. The van der Waals surface area contributed by atoms with Crippen molar-refractivity contribution in [2.75, 3.05) is 0 Å². The fourth-order valence-electron chi connectivity index (χ4n) is 1.35. The lowest BCUT2D eigenvalue weighted by molar-refractivity contribution is 1.40. The van der Waals surface area contributed by atoms with E-state index in [-0.39, 0.29) is 0 Å². The van der Waals surface area contributed by atoms with Crippen molar-refractivity contribution in [2.45, 2.75) is 0 Å². The van der Waals surface area contributed by atoms with Gasteiger partial charge in [-0.1, -0.05) is 17.9 Å². The molecule has 0 bridgehead atoms. The first-order valence-electron chi connectivity index (χ1n) is 3.60. The Bertz CT molecular complexity index is 563. The van der Waals surface area contributed by atoms with Gasteiger partial charge in [0.15, 0.2) is 0 Å². The van der Waals surface area contributed by atoms with Gasteiger partial charge in [-0.05, 0) is 12.1 Å². The lowest BCUT2D eigenvalue weighted by atomic mass is 10.2. The van der Waals surface area contributed by atoms with Gasteiger partial charge < -0.3 is 0 Å². The van der Waals surface area contributed by atoms with E-state index >= 15 is 0 Å². The number of fused-ring (bicyclic) bond motifs is 3. The standard InChI is InChI=1S/C10H5N/c1-2-7-3-4-8-6-9(8)10(7)11-5-1/h1-5H. The van der Waals surface area contributed by atoms with E-state index in [4.69, 9.17) is 0 Å². The van der Waals surface area contributed by atoms with E-state index in [9.17, 15) is 0 Å².